The number of thiophene rings is 1. The molecule has 0 atom stereocenters. The zero-order valence-electron chi connectivity index (χ0n) is 11.5. The smallest absolute Gasteiger partial charge is 0.206 e. The first kappa shape index (κ1) is 14.5. The van der Waals surface area contributed by atoms with Gasteiger partial charge in [-0.05, 0) is 23.9 Å². The highest BCUT2D eigenvalue weighted by Crippen LogP contribution is 2.32. The van der Waals surface area contributed by atoms with E-state index in [-0.39, 0.29) is 5.78 Å². The largest absolute Gasteiger partial charge is 0.363 e. The molecule has 0 fully saturated rings. The van der Waals surface area contributed by atoms with Crippen LogP contribution in [0.4, 0.5) is 5.13 Å². The number of hydrogen-bond acceptors (Lipinski definition) is 7. The minimum atomic E-state index is 0.153. The van der Waals surface area contributed by atoms with Gasteiger partial charge in [0.25, 0.3) is 0 Å². The Kier molecular flexibility index (Phi) is 4.23. The van der Waals surface area contributed by atoms with Gasteiger partial charge in [-0.3, -0.25) is 4.79 Å². The molecule has 2 aromatic heterocycles. The first-order valence-corrected chi connectivity index (χ1v) is 8.96. The van der Waals surface area contributed by atoms with Crippen molar-refractivity contribution < 1.29 is 4.79 Å². The molecule has 2 heterocycles. The van der Waals surface area contributed by atoms with Crippen LogP contribution in [0.3, 0.4) is 0 Å². The second kappa shape index (κ2) is 6.13. The molecule has 3 aromatic rings. The summed E-state index contributed by atoms with van der Waals surface area (Å²) in [5.41, 5.74) is 1.08. The molecular formula is C14H13N3OS3. The van der Waals surface area contributed by atoms with Crippen LogP contribution in [0.2, 0.25) is 0 Å². The Hall–Kier alpha value is -1.44. The number of nitrogens with zero attached hydrogens (tertiary/aromatic N) is 2. The number of nitrogens with one attached hydrogen (secondary N) is 1. The molecule has 0 aliphatic carbocycles. The van der Waals surface area contributed by atoms with Crippen LogP contribution < -0.4 is 5.32 Å². The lowest BCUT2D eigenvalue weighted by atomic mass is 10.1. The Morgan fingerprint density at radius 2 is 2.10 bits per heavy atom. The second-order valence-electron chi connectivity index (χ2n) is 4.39. The number of carbonyl (C=O) groups is 1. The van der Waals surface area contributed by atoms with Crippen LogP contribution in [0.1, 0.15) is 15.2 Å². The third-order valence-electron chi connectivity index (χ3n) is 3.04. The molecule has 0 unspecified atom stereocenters. The fourth-order valence-electron chi connectivity index (χ4n) is 2.00. The van der Waals surface area contributed by atoms with Gasteiger partial charge in [-0.2, -0.15) is 0 Å². The molecular weight excluding hydrogens is 322 g/mol. The van der Waals surface area contributed by atoms with Crippen molar-refractivity contribution in [3.63, 3.8) is 0 Å². The van der Waals surface area contributed by atoms with Crippen molar-refractivity contribution in [3.05, 3.63) is 34.7 Å². The molecule has 0 saturated heterocycles. The number of Topliss-reactive ketones (excluding diaryl/α,β-unsaturated/α-hetero) is 1. The monoisotopic (exact) mass is 335 g/mol. The van der Waals surface area contributed by atoms with Crippen LogP contribution in [0.5, 0.6) is 0 Å². The number of aryl methyl sites for hydroxylation is 1. The highest BCUT2D eigenvalue weighted by atomic mass is 32.2. The molecule has 3 rings (SSSR count). The van der Waals surface area contributed by atoms with Crippen LogP contribution in [0, 0.1) is 6.92 Å². The van der Waals surface area contributed by atoms with E-state index in [1.807, 2.05) is 19.1 Å². The van der Waals surface area contributed by atoms with Gasteiger partial charge in [0.2, 0.25) is 5.13 Å². The summed E-state index contributed by atoms with van der Waals surface area (Å²) in [5, 5.41) is 12.9. The lowest BCUT2D eigenvalue weighted by molar-refractivity contribution is 0.102. The van der Waals surface area contributed by atoms with Crippen molar-refractivity contribution in [3.8, 4) is 0 Å². The number of anilines is 1. The van der Waals surface area contributed by atoms with Gasteiger partial charge in [0, 0.05) is 11.7 Å². The third-order valence-corrected chi connectivity index (χ3v) is 6.43. The van der Waals surface area contributed by atoms with E-state index < -0.39 is 0 Å². The number of carbonyl (C=O) groups excluding carboxylic acids is 1. The Morgan fingerprint density at radius 1 is 1.29 bits per heavy atom. The lowest BCUT2D eigenvalue weighted by Crippen LogP contribution is -2.01. The molecule has 0 saturated carbocycles. The molecule has 7 heteroatoms. The SMILES string of the molecule is CNc1nnc(SCC(=O)c2sc3ccccc3c2C)s1. The first-order valence-electron chi connectivity index (χ1n) is 6.34. The summed E-state index contributed by atoms with van der Waals surface area (Å²) >= 11 is 4.47. The van der Waals surface area contributed by atoms with Crippen molar-refractivity contribution in [1.29, 1.82) is 0 Å². The number of rotatable bonds is 5. The molecule has 21 heavy (non-hydrogen) atoms. The fourth-order valence-corrected chi connectivity index (χ4v) is 4.82. The van der Waals surface area contributed by atoms with E-state index in [0.717, 1.165) is 24.6 Å². The van der Waals surface area contributed by atoms with Crippen molar-refractivity contribution >= 4 is 55.4 Å². The van der Waals surface area contributed by atoms with E-state index >= 15 is 0 Å². The van der Waals surface area contributed by atoms with Gasteiger partial charge >= 0.3 is 0 Å². The van der Waals surface area contributed by atoms with Gasteiger partial charge < -0.3 is 5.32 Å². The normalized spacial score (nSPS) is 11.0. The molecule has 0 radical (unpaired) electrons. The van der Waals surface area contributed by atoms with Gasteiger partial charge in [-0.1, -0.05) is 41.3 Å². The van der Waals surface area contributed by atoms with Crippen LogP contribution in [-0.2, 0) is 0 Å². The number of thioether (sulfide) groups is 1. The topological polar surface area (TPSA) is 54.9 Å². The number of benzene rings is 1. The second-order valence-corrected chi connectivity index (χ2v) is 7.64. The summed E-state index contributed by atoms with van der Waals surface area (Å²) in [6, 6.07) is 8.13. The van der Waals surface area contributed by atoms with Gasteiger partial charge in [0.15, 0.2) is 10.1 Å². The quantitative estimate of drug-likeness (QED) is 0.562. The van der Waals surface area contributed by atoms with Gasteiger partial charge in [-0.25, -0.2) is 0 Å². The molecule has 108 valence electrons. The van der Waals surface area contributed by atoms with Crippen molar-refractivity contribution in [2.24, 2.45) is 0 Å². The van der Waals surface area contributed by atoms with E-state index in [1.54, 1.807) is 18.4 Å². The minimum Gasteiger partial charge on any atom is -0.363 e. The summed E-state index contributed by atoms with van der Waals surface area (Å²) in [6.45, 7) is 2.01. The van der Waals surface area contributed by atoms with E-state index in [0.29, 0.717) is 5.75 Å². The molecule has 0 aliphatic rings. The predicted molar refractivity (Wildman–Crippen MR) is 91.1 cm³/mol. The zero-order chi connectivity index (χ0) is 14.8. The standard InChI is InChI=1S/C14H13N3OS3/c1-8-9-5-3-4-6-11(9)20-12(8)10(18)7-19-14-17-16-13(15-2)21-14/h3-6H,7H2,1-2H3,(H,15,16). The molecule has 0 amide bonds. The van der Waals surface area contributed by atoms with Crippen LogP contribution in [0.15, 0.2) is 28.6 Å². The summed E-state index contributed by atoms with van der Waals surface area (Å²) in [4.78, 5) is 13.3. The van der Waals surface area contributed by atoms with Gasteiger partial charge in [-0.15, -0.1) is 21.5 Å². The van der Waals surface area contributed by atoms with Crippen LogP contribution in [0.25, 0.3) is 10.1 Å². The Bertz CT molecular complexity index is 794. The van der Waals surface area contributed by atoms with Crippen molar-refractivity contribution in [2.75, 3.05) is 18.1 Å². The predicted octanol–water partition coefficient (Wildman–Crippen LogP) is 4.08. The lowest BCUT2D eigenvalue weighted by Gasteiger charge is -1.97. The highest BCUT2D eigenvalue weighted by Gasteiger charge is 2.16. The highest BCUT2D eigenvalue weighted by molar-refractivity contribution is 8.01. The van der Waals surface area contributed by atoms with Crippen LogP contribution in [-0.4, -0.2) is 28.8 Å². The molecule has 4 nitrogen and oxygen atoms in total. The average molecular weight is 335 g/mol. The summed E-state index contributed by atoms with van der Waals surface area (Å²) < 4.78 is 1.98. The third kappa shape index (κ3) is 2.95. The molecule has 0 bridgehead atoms. The number of aromatic nitrogens is 2. The summed E-state index contributed by atoms with van der Waals surface area (Å²) in [7, 11) is 1.81. The molecule has 1 N–H and O–H groups in total. The maximum absolute atomic E-state index is 12.4. The van der Waals surface area contributed by atoms with Gasteiger partial charge in [0.1, 0.15) is 0 Å². The molecule has 1 aromatic carbocycles. The fraction of sp³-hybridized carbons (Fsp3) is 0.214. The Labute approximate surface area is 134 Å². The Morgan fingerprint density at radius 3 is 2.81 bits per heavy atom. The summed E-state index contributed by atoms with van der Waals surface area (Å²) in [6.07, 6.45) is 0. The first-order chi connectivity index (χ1) is 10.2. The van der Waals surface area contributed by atoms with E-state index in [1.165, 1.54) is 28.5 Å². The maximum atomic E-state index is 12.4. The number of ketones is 1. The average Bonchev–Trinajstić information content (AvgIpc) is 3.10. The van der Waals surface area contributed by atoms with Crippen molar-refractivity contribution in [2.45, 2.75) is 11.3 Å². The number of fused-ring (bicyclic) bond motifs is 1. The maximum Gasteiger partial charge on any atom is 0.206 e. The minimum absolute atomic E-state index is 0.153. The van der Waals surface area contributed by atoms with Gasteiger partial charge in [0.05, 0.1) is 10.6 Å². The van der Waals surface area contributed by atoms with E-state index in [4.69, 9.17) is 0 Å². The zero-order valence-corrected chi connectivity index (χ0v) is 14.0. The number of hydrogen-bond donors (Lipinski definition) is 1. The molecule has 0 aliphatic heterocycles. The van der Waals surface area contributed by atoms with E-state index in [2.05, 4.69) is 27.6 Å². The molecule has 0 spiro atoms. The summed E-state index contributed by atoms with van der Waals surface area (Å²) in [5.74, 6) is 0.548. The Balaban J connectivity index is 1.76. The van der Waals surface area contributed by atoms with Crippen LogP contribution >= 0.6 is 34.4 Å². The van der Waals surface area contributed by atoms with E-state index in [9.17, 15) is 4.79 Å². The van der Waals surface area contributed by atoms with Crippen molar-refractivity contribution in [1.82, 2.24) is 10.2 Å².